The molecule has 23 heavy (non-hydrogen) atoms. The van der Waals surface area contributed by atoms with Crippen molar-refractivity contribution < 1.29 is 4.79 Å². The van der Waals surface area contributed by atoms with E-state index in [-0.39, 0.29) is 11.9 Å². The molecule has 2 aromatic carbocycles. The van der Waals surface area contributed by atoms with Crippen molar-refractivity contribution in [3.05, 3.63) is 64.2 Å². The summed E-state index contributed by atoms with van der Waals surface area (Å²) in [6.45, 7) is 3.01. The van der Waals surface area contributed by atoms with Gasteiger partial charge in [0.15, 0.2) is 0 Å². The van der Waals surface area contributed by atoms with Crippen LogP contribution in [0.3, 0.4) is 0 Å². The van der Waals surface area contributed by atoms with E-state index in [1.165, 1.54) is 11.1 Å². The van der Waals surface area contributed by atoms with Gasteiger partial charge in [0.25, 0.3) is 0 Å². The first-order chi connectivity index (χ1) is 11.1. The summed E-state index contributed by atoms with van der Waals surface area (Å²) in [5.41, 5.74) is 3.74. The van der Waals surface area contributed by atoms with Crippen LogP contribution in [0.15, 0.2) is 42.5 Å². The van der Waals surface area contributed by atoms with E-state index in [0.29, 0.717) is 5.02 Å². The summed E-state index contributed by atoms with van der Waals surface area (Å²) in [4.78, 5) is 13.0. The summed E-state index contributed by atoms with van der Waals surface area (Å²) in [5.74, 6) is 0.0773. The summed E-state index contributed by atoms with van der Waals surface area (Å²) in [5, 5.41) is 7.29. The fourth-order valence-electron chi connectivity index (χ4n) is 4.08. The second-order valence-electron chi connectivity index (χ2n) is 6.52. The van der Waals surface area contributed by atoms with Crippen LogP contribution >= 0.6 is 11.6 Å². The first kappa shape index (κ1) is 14.7. The third-order valence-corrected chi connectivity index (χ3v) is 5.32. The van der Waals surface area contributed by atoms with Crippen LogP contribution in [0.2, 0.25) is 5.02 Å². The molecule has 2 aliphatic rings. The quantitative estimate of drug-likeness (QED) is 0.832. The van der Waals surface area contributed by atoms with Crippen molar-refractivity contribution in [2.75, 3.05) is 11.9 Å². The van der Waals surface area contributed by atoms with Gasteiger partial charge in [-0.1, -0.05) is 47.5 Å². The van der Waals surface area contributed by atoms with Crippen molar-refractivity contribution in [3.8, 4) is 0 Å². The van der Waals surface area contributed by atoms with Crippen molar-refractivity contribution in [1.29, 1.82) is 0 Å². The summed E-state index contributed by atoms with van der Waals surface area (Å²) >= 11 is 6.11. The van der Waals surface area contributed by atoms with Gasteiger partial charge in [-0.05, 0) is 49.6 Å². The van der Waals surface area contributed by atoms with Gasteiger partial charge in [-0.15, -0.1) is 0 Å². The number of nitrogens with one attached hydrogen (secondary N) is 2. The zero-order valence-electron chi connectivity index (χ0n) is 13.0. The van der Waals surface area contributed by atoms with Gasteiger partial charge in [0.05, 0.1) is 11.5 Å². The number of halogens is 1. The molecule has 1 spiro atoms. The monoisotopic (exact) mass is 326 g/mol. The topological polar surface area (TPSA) is 41.1 Å². The Hall–Kier alpha value is -1.84. The van der Waals surface area contributed by atoms with E-state index in [9.17, 15) is 4.79 Å². The molecule has 2 heterocycles. The number of carbonyl (C=O) groups excluding carboxylic acids is 1. The fourth-order valence-corrected chi connectivity index (χ4v) is 4.26. The number of hydrogen-bond acceptors (Lipinski definition) is 2. The van der Waals surface area contributed by atoms with Crippen LogP contribution in [0, 0.1) is 6.92 Å². The van der Waals surface area contributed by atoms with Crippen LogP contribution in [-0.4, -0.2) is 12.5 Å². The molecule has 0 bridgehead atoms. The highest BCUT2D eigenvalue weighted by molar-refractivity contribution is 6.31. The summed E-state index contributed by atoms with van der Waals surface area (Å²) < 4.78 is 0. The molecule has 1 saturated heterocycles. The third kappa shape index (κ3) is 2.19. The number of piperidine rings is 1. The van der Waals surface area contributed by atoms with E-state index in [1.807, 2.05) is 18.2 Å². The molecule has 1 amide bonds. The zero-order chi connectivity index (χ0) is 16.0. The summed E-state index contributed by atoms with van der Waals surface area (Å²) in [7, 11) is 0. The number of amides is 1. The van der Waals surface area contributed by atoms with Gasteiger partial charge in [-0.25, -0.2) is 0 Å². The Bertz CT molecular complexity index is 789. The molecule has 4 rings (SSSR count). The lowest BCUT2D eigenvalue weighted by molar-refractivity contribution is -0.123. The lowest BCUT2D eigenvalue weighted by Crippen LogP contribution is -2.50. The molecule has 1 fully saturated rings. The minimum Gasteiger partial charge on any atom is -0.325 e. The van der Waals surface area contributed by atoms with Crippen LogP contribution in [-0.2, 0) is 10.2 Å². The normalized spacial score (nSPS) is 26.2. The van der Waals surface area contributed by atoms with E-state index in [2.05, 4.69) is 41.8 Å². The van der Waals surface area contributed by atoms with Crippen molar-refractivity contribution in [2.24, 2.45) is 0 Å². The largest absolute Gasteiger partial charge is 0.325 e. The fraction of sp³-hybridized carbons (Fsp3) is 0.316. The SMILES string of the molecule is Cc1cccc([C@H]2NCCC[C@]23C(=O)Nc2cc(Cl)ccc23)c1. The van der Waals surface area contributed by atoms with Gasteiger partial charge in [0.2, 0.25) is 5.91 Å². The second kappa shape index (κ2) is 5.36. The van der Waals surface area contributed by atoms with Crippen LogP contribution in [0.25, 0.3) is 0 Å². The van der Waals surface area contributed by atoms with Gasteiger partial charge in [-0.3, -0.25) is 4.79 Å². The number of hydrogen-bond donors (Lipinski definition) is 2. The van der Waals surface area contributed by atoms with E-state index in [4.69, 9.17) is 11.6 Å². The van der Waals surface area contributed by atoms with Crippen LogP contribution in [0.1, 0.15) is 35.6 Å². The predicted octanol–water partition coefficient (Wildman–Crippen LogP) is 3.96. The first-order valence-corrected chi connectivity index (χ1v) is 8.40. The summed E-state index contributed by atoms with van der Waals surface area (Å²) in [6, 6.07) is 14.1. The predicted molar refractivity (Wildman–Crippen MR) is 92.9 cm³/mol. The first-order valence-electron chi connectivity index (χ1n) is 8.03. The molecule has 2 aliphatic heterocycles. The molecule has 3 nitrogen and oxygen atoms in total. The molecule has 118 valence electrons. The Morgan fingerprint density at radius 2 is 2.09 bits per heavy atom. The maximum Gasteiger partial charge on any atom is 0.237 e. The van der Waals surface area contributed by atoms with E-state index in [0.717, 1.165) is 30.6 Å². The Kier molecular flexibility index (Phi) is 3.43. The standard InChI is InChI=1S/C19H19ClN2O/c1-12-4-2-5-13(10-12)17-19(8-3-9-21-17)15-7-6-14(20)11-16(15)22-18(19)23/h2,4-7,10-11,17,21H,3,8-9H2,1H3,(H,22,23)/t17-,19-/m1/s1. The Morgan fingerprint density at radius 3 is 2.91 bits per heavy atom. The average molecular weight is 327 g/mol. The van der Waals surface area contributed by atoms with Crippen molar-refractivity contribution in [3.63, 3.8) is 0 Å². The van der Waals surface area contributed by atoms with Crippen LogP contribution < -0.4 is 10.6 Å². The number of anilines is 1. The highest BCUT2D eigenvalue weighted by Crippen LogP contribution is 2.51. The van der Waals surface area contributed by atoms with Crippen molar-refractivity contribution in [2.45, 2.75) is 31.2 Å². The maximum atomic E-state index is 13.0. The average Bonchev–Trinajstić information content (AvgIpc) is 2.80. The number of benzene rings is 2. The zero-order valence-corrected chi connectivity index (χ0v) is 13.8. The third-order valence-electron chi connectivity index (χ3n) is 5.08. The van der Waals surface area contributed by atoms with Gasteiger partial charge in [-0.2, -0.15) is 0 Å². The lowest BCUT2D eigenvalue weighted by atomic mass is 9.67. The molecule has 2 aromatic rings. The smallest absolute Gasteiger partial charge is 0.237 e. The second-order valence-corrected chi connectivity index (χ2v) is 6.96. The highest BCUT2D eigenvalue weighted by Gasteiger charge is 2.53. The van der Waals surface area contributed by atoms with Gasteiger partial charge >= 0.3 is 0 Å². The number of aryl methyl sites for hydroxylation is 1. The molecular weight excluding hydrogens is 308 g/mol. The van der Waals surface area contributed by atoms with E-state index in [1.54, 1.807) is 0 Å². The molecule has 2 atom stereocenters. The molecule has 0 saturated carbocycles. The molecule has 4 heteroatoms. The lowest BCUT2D eigenvalue weighted by Gasteiger charge is -2.41. The van der Waals surface area contributed by atoms with Crippen molar-refractivity contribution in [1.82, 2.24) is 5.32 Å². The minimum absolute atomic E-state index is 0.0152. The molecule has 0 unspecified atom stereocenters. The number of carbonyl (C=O) groups is 1. The molecule has 0 aromatic heterocycles. The van der Waals surface area contributed by atoms with Crippen molar-refractivity contribution >= 4 is 23.2 Å². The van der Waals surface area contributed by atoms with E-state index >= 15 is 0 Å². The summed E-state index contributed by atoms with van der Waals surface area (Å²) in [6.07, 6.45) is 1.83. The van der Waals surface area contributed by atoms with Crippen LogP contribution in [0.5, 0.6) is 0 Å². The Morgan fingerprint density at radius 1 is 1.22 bits per heavy atom. The number of fused-ring (bicyclic) bond motifs is 2. The van der Waals surface area contributed by atoms with Gasteiger partial charge < -0.3 is 10.6 Å². The molecular formula is C19H19ClN2O. The maximum absolute atomic E-state index is 13.0. The number of rotatable bonds is 1. The van der Waals surface area contributed by atoms with Gasteiger partial charge in [0.1, 0.15) is 0 Å². The molecule has 0 aliphatic carbocycles. The minimum atomic E-state index is -0.550. The molecule has 2 N–H and O–H groups in total. The highest BCUT2D eigenvalue weighted by atomic mass is 35.5. The Labute approximate surface area is 141 Å². The van der Waals surface area contributed by atoms with Gasteiger partial charge in [0, 0.05) is 10.7 Å². The molecule has 0 radical (unpaired) electrons. The Balaban J connectivity index is 1.89. The van der Waals surface area contributed by atoms with E-state index < -0.39 is 5.41 Å². The van der Waals surface area contributed by atoms with Crippen LogP contribution in [0.4, 0.5) is 5.69 Å².